The van der Waals surface area contributed by atoms with Gasteiger partial charge in [-0.3, -0.25) is 9.10 Å². The van der Waals surface area contributed by atoms with Crippen molar-refractivity contribution in [2.45, 2.75) is 19.1 Å². The van der Waals surface area contributed by atoms with Crippen LogP contribution in [0.4, 0.5) is 5.69 Å². The second-order valence-electron chi connectivity index (χ2n) is 6.55. The summed E-state index contributed by atoms with van der Waals surface area (Å²) in [6.45, 7) is 1.97. The number of rotatable bonds is 10. The molecule has 1 amide bonds. The summed E-state index contributed by atoms with van der Waals surface area (Å²) >= 11 is 13.8. The van der Waals surface area contributed by atoms with Crippen LogP contribution in [-0.2, 0) is 20.6 Å². The van der Waals surface area contributed by atoms with Gasteiger partial charge in [0.05, 0.1) is 11.9 Å². The van der Waals surface area contributed by atoms with E-state index >= 15 is 0 Å². The lowest BCUT2D eigenvalue weighted by Gasteiger charge is -2.23. The average molecular weight is 475 g/mol. The number of carbonyl (C=O) groups excluding carboxylic acids is 1. The Bertz CT molecular complexity index is 952. The molecule has 0 atom stereocenters. The van der Waals surface area contributed by atoms with E-state index in [-0.39, 0.29) is 12.5 Å². The Balaban J connectivity index is 1.81. The number of nitrogens with zero attached hydrogens (tertiary/aromatic N) is 1. The van der Waals surface area contributed by atoms with Crippen LogP contribution in [0.25, 0.3) is 0 Å². The zero-order chi connectivity index (χ0) is 21.4. The first-order valence-electron chi connectivity index (χ1n) is 9.00. The fraction of sp³-hybridized carbons (Fsp3) is 0.350. The predicted molar refractivity (Wildman–Crippen MR) is 124 cm³/mol. The molecule has 0 fully saturated rings. The molecule has 0 heterocycles. The first kappa shape index (κ1) is 23.9. The summed E-state index contributed by atoms with van der Waals surface area (Å²) in [4.78, 5) is 12.3. The number of benzene rings is 2. The largest absolute Gasteiger partial charge is 0.354 e. The third kappa shape index (κ3) is 7.74. The van der Waals surface area contributed by atoms with Crippen molar-refractivity contribution in [2.24, 2.45) is 0 Å². The number of anilines is 1. The predicted octanol–water partition coefficient (Wildman–Crippen LogP) is 4.51. The van der Waals surface area contributed by atoms with E-state index in [0.29, 0.717) is 22.8 Å². The van der Waals surface area contributed by atoms with Gasteiger partial charge in [0.25, 0.3) is 0 Å². The quantitative estimate of drug-likeness (QED) is 0.514. The van der Waals surface area contributed by atoms with Gasteiger partial charge in [-0.05, 0) is 54.5 Å². The van der Waals surface area contributed by atoms with Crippen molar-refractivity contribution < 1.29 is 13.2 Å². The van der Waals surface area contributed by atoms with Crippen molar-refractivity contribution >= 4 is 56.6 Å². The molecule has 0 spiro atoms. The van der Waals surface area contributed by atoms with E-state index in [2.05, 4.69) is 5.32 Å². The Hall–Kier alpha value is -1.41. The van der Waals surface area contributed by atoms with Crippen LogP contribution in [0.5, 0.6) is 0 Å². The molecule has 2 aromatic rings. The second-order valence-corrected chi connectivity index (χ2v) is 10.4. The number of aryl methyl sites for hydroxylation is 1. The molecular weight excluding hydrogens is 451 g/mol. The lowest BCUT2D eigenvalue weighted by molar-refractivity contribution is -0.119. The van der Waals surface area contributed by atoms with Crippen LogP contribution >= 0.6 is 35.0 Å². The van der Waals surface area contributed by atoms with Crippen molar-refractivity contribution in [3.63, 3.8) is 0 Å². The molecule has 0 saturated heterocycles. The maximum atomic E-state index is 12.3. The number of amides is 1. The van der Waals surface area contributed by atoms with Gasteiger partial charge in [-0.1, -0.05) is 41.4 Å². The third-order valence-electron chi connectivity index (χ3n) is 4.12. The Kier molecular flexibility index (Phi) is 9.14. The summed E-state index contributed by atoms with van der Waals surface area (Å²) in [7, 11) is -3.61. The van der Waals surface area contributed by atoms with Crippen LogP contribution in [-0.4, -0.2) is 39.4 Å². The highest BCUT2D eigenvalue weighted by molar-refractivity contribution is 7.98. The number of sulfonamides is 1. The maximum absolute atomic E-state index is 12.3. The molecule has 158 valence electrons. The van der Waals surface area contributed by atoms with E-state index in [1.165, 1.54) is 0 Å². The third-order valence-corrected chi connectivity index (χ3v) is 6.94. The summed E-state index contributed by atoms with van der Waals surface area (Å²) in [6, 6.07) is 12.6. The molecule has 0 unspecified atom stereocenters. The second kappa shape index (κ2) is 11.1. The Morgan fingerprint density at radius 1 is 1.17 bits per heavy atom. The number of hydrogen-bond donors (Lipinski definition) is 1. The van der Waals surface area contributed by atoms with Crippen LogP contribution < -0.4 is 9.62 Å². The van der Waals surface area contributed by atoms with E-state index in [0.717, 1.165) is 39.1 Å². The molecule has 2 aromatic carbocycles. The summed E-state index contributed by atoms with van der Waals surface area (Å²) in [5.41, 5.74) is 2.22. The van der Waals surface area contributed by atoms with Crippen LogP contribution in [0.15, 0.2) is 42.5 Å². The summed E-state index contributed by atoms with van der Waals surface area (Å²) < 4.78 is 25.5. The normalized spacial score (nSPS) is 11.3. The monoisotopic (exact) mass is 474 g/mol. The average Bonchev–Trinajstić information content (AvgIpc) is 2.63. The molecule has 0 aromatic heterocycles. The van der Waals surface area contributed by atoms with Crippen molar-refractivity contribution in [1.29, 1.82) is 0 Å². The van der Waals surface area contributed by atoms with Gasteiger partial charge in [0.1, 0.15) is 6.54 Å². The molecular formula is C20H24Cl2N2O3S2. The Labute approximate surface area is 186 Å². The molecule has 1 N–H and O–H groups in total. The SMILES string of the molecule is Cc1cc(Cl)ccc1N(CC(=O)NCCCSCc1ccccc1Cl)S(C)(=O)=O. The number of halogens is 2. The minimum absolute atomic E-state index is 0.270. The van der Waals surface area contributed by atoms with Gasteiger partial charge in [0.15, 0.2) is 0 Å². The molecule has 0 aliphatic carbocycles. The summed E-state index contributed by atoms with van der Waals surface area (Å²) in [6.07, 6.45) is 1.86. The lowest BCUT2D eigenvalue weighted by Crippen LogP contribution is -2.41. The Morgan fingerprint density at radius 2 is 1.90 bits per heavy atom. The highest BCUT2D eigenvalue weighted by Crippen LogP contribution is 2.25. The minimum Gasteiger partial charge on any atom is -0.354 e. The number of thioether (sulfide) groups is 1. The molecule has 0 aliphatic rings. The standard InChI is InChI=1S/C20H24Cl2N2O3S2/c1-15-12-17(21)8-9-19(15)24(29(2,26)27)13-20(25)23-10-5-11-28-14-16-6-3-4-7-18(16)22/h3-4,6-9,12H,5,10-11,13-14H2,1-2H3,(H,23,25). The fourth-order valence-corrected chi connectivity index (χ4v) is 5.05. The molecule has 0 aliphatic heterocycles. The maximum Gasteiger partial charge on any atom is 0.240 e. The first-order chi connectivity index (χ1) is 13.7. The molecule has 0 saturated carbocycles. The molecule has 2 rings (SSSR count). The summed E-state index contributed by atoms with van der Waals surface area (Å²) in [5.74, 6) is 1.32. The van der Waals surface area contributed by atoms with Crippen LogP contribution in [0.2, 0.25) is 10.0 Å². The lowest BCUT2D eigenvalue weighted by atomic mass is 10.2. The van der Waals surface area contributed by atoms with Crippen molar-refractivity contribution in [3.05, 3.63) is 63.6 Å². The number of nitrogens with one attached hydrogen (secondary N) is 1. The van der Waals surface area contributed by atoms with E-state index in [1.807, 2.05) is 24.3 Å². The van der Waals surface area contributed by atoms with Crippen molar-refractivity contribution in [2.75, 3.05) is 29.4 Å². The zero-order valence-electron chi connectivity index (χ0n) is 16.3. The van der Waals surface area contributed by atoms with Gasteiger partial charge >= 0.3 is 0 Å². The Morgan fingerprint density at radius 3 is 2.55 bits per heavy atom. The number of hydrogen-bond acceptors (Lipinski definition) is 4. The summed E-state index contributed by atoms with van der Waals surface area (Å²) in [5, 5.41) is 4.05. The van der Waals surface area contributed by atoms with Gasteiger partial charge in [0, 0.05) is 22.3 Å². The van der Waals surface area contributed by atoms with E-state index in [4.69, 9.17) is 23.2 Å². The van der Waals surface area contributed by atoms with Gasteiger partial charge in [-0.25, -0.2) is 8.42 Å². The molecule has 29 heavy (non-hydrogen) atoms. The van der Waals surface area contributed by atoms with E-state index in [1.54, 1.807) is 36.9 Å². The van der Waals surface area contributed by atoms with Crippen molar-refractivity contribution in [3.8, 4) is 0 Å². The van der Waals surface area contributed by atoms with Crippen LogP contribution in [0.1, 0.15) is 17.5 Å². The molecule has 0 bridgehead atoms. The van der Waals surface area contributed by atoms with Gasteiger partial charge in [-0.15, -0.1) is 0 Å². The van der Waals surface area contributed by atoms with Gasteiger partial charge in [-0.2, -0.15) is 11.8 Å². The van der Waals surface area contributed by atoms with Gasteiger partial charge < -0.3 is 5.32 Å². The fourth-order valence-electron chi connectivity index (χ4n) is 2.67. The van der Waals surface area contributed by atoms with E-state index < -0.39 is 10.0 Å². The highest BCUT2D eigenvalue weighted by atomic mass is 35.5. The van der Waals surface area contributed by atoms with Gasteiger partial charge in [0.2, 0.25) is 15.9 Å². The number of carbonyl (C=O) groups is 1. The molecule has 9 heteroatoms. The first-order valence-corrected chi connectivity index (χ1v) is 12.8. The molecule has 5 nitrogen and oxygen atoms in total. The zero-order valence-corrected chi connectivity index (χ0v) is 19.5. The highest BCUT2D eigenvalue weighted by Gasteiger charge is 2.22. The minimum atomic E-state index is -3.61. The van der Waals surface area contributed by atoms with Crippen molar-refractivity contribution in [1.82, 2.24) is 5.32 Å². The smallest absolute Gasteiger partial charge is 0.240 e. The molecule has 0 radical (unpaired) electrons. The van der Waals surface area contributed by atoms with Crippen LogP contribution in [0.3, 0.4) is 0 Å². The van der Waals surface area contributed by atoms with E-state index in [9.17, 15) is 13.2 Å². The van der Waals surface area contributed by atoms with Crippen LogP contribution in [0, 0.1) is 6.92 Å². The topological polar surface area (TPSA) is 66.5 Å².